The van der Waals surface area contributed by atoms with E-state index in [1.54, 1.807) is 23.1 Å². The van der Waals surface area contributed by atoms with Gasteiger partial charge in [0, 0.05) is 31.2 Å². The first-order valence-electron chi connectivity index (χ1n) is 8.70. The van der Waals surface area contributed by atoms with E-state index in [0.29, 0.717) is 10.8 Å². The number of aryl methyl sites for hydroxylation is 1. The van der Waals surface area contributed by atoms with Crippen molar-refractivity contribution in [1.29, 1.82) is 0 Å². The maximum atomic E-state index is 13.0. The van der Waals surface area contributed by atoms with Gasteiger partial charge in [-0.15, -0.1) is 0 Å². The molecule has 3 rings (SSSR count). The molecule has 1 saturated heterocycles. The Labute approximate surface area is 168 Å². The van der Waals surface area contributed by atoms with Crippen LogP contribution in [0.5, 0.6) is 5.75 Å². The van der Waals surface area contributed by atoms with Crippen molar-refractivity contribution in [1.82, 2.24) is 9.21 Å². The highest BCUT2D eigenvalue weighted by Gasteiger charge is 2.30. The summed E-state index contributed by atoms with van der Waals surface area (Å²) in [4.78, 5) is 14.0. The van der Waals surface area contributed by atoms with Crippen LogP contribution in [0, 0.1) is 12.7 Å². The molecule has 150 valence electrons. The average molecular weight is 427 g/mol. The predicted molar refractivity (Wildman–Crippen MR) is 103 cm³/mol. The molecule has 1 amide bonds. The largest absolute Gasteiger partial charge is 0.484 e. The second kappa shape index (κ2) is 8.46. The van der Waals surface area contributed by atoms with E-state index in [1.165, 1.54) is 16.4 Å². The summed E-state index contributed by atoms with van der Waals surface area (Å²) in [5, 5.41) is 0.622. The molecule has 0 atom stereocenters. The molecule has 28 heavy (non-hydrogen) atoms. The third kappa shape index (κ3) is 4.63. The lowest BCUT2D eigenvalue weighted by Gasteiger charge is -2.34. The Morgan fingerprint density at radius 1 is 1.11 bits per heavy atom. The van der Waals surface area contributed by atoms with E-state index in [-0.39, 0.29) is 43.6 Å². The van der Waals surface area contributed by atoms with Crippen molar-refractivity contribution in [3.8, 4) is 5.75 Å². The van der Waals surface area contributed by atoms with Gasteiger partial charge in [0.15, 0.2) is 6.61 Å². The normalized spacial score (nSPS) is 15.5. The fraction of sp³-hybridized carbons (Fsp3) is 0.316. The van der Waals surface area contributed by atoms with Crippen molar-refractivity contribution in [3.63, 3.8) is 0 Å². The highest BCUT2D eigenvalue weighted by Crippen LogP contribution is 2.21. The minimum absolute atomic E-state index is 0.0371. The first-order valence-corrected chi connectivity index (χ1v) is 10.5. The number of carbonyl (C=O) groups is 1. The topological polar surface area (TPSA) is 66.9 Å². The number of carbonyl (C=O) groups excluding carboxylic acids is 1. The van der Waals surface area contributed by atoms with Crippen molar-refractivity contribution < 1.29 is 22.3 Å². The molecular formula is C19H20ClFN2O4S. The van der Waals surface area contributed by atoms with Gasteiger partial charge >= 0.3 is 0 Å². The van der Waals surface area contributed by atoms with E-state index < -0.39 is 15.8 Å². The molecular weight excluding hydrogens is 407 g/mol. The molecule has 0 aromatic heterocycles. The van der Waals surface area contributed by atoms with E-state index in [0.717, 1.165) is 17.7 Å². The maximum Gasteiger partial charge on any atom is 0.260 e. The number of ether oxygens (including phenoxy) is 1. The first-order chi connectivity index (χ1) is 13.3. The Morgan fingerprint density at radius 2 is 1.75 bits per heavy atom. The number of sulfonamides is 1. The van der Waals surface area contributed by atoms with E-state index >= 15 is 0 Å². The number of benzene rings is 2. The number of nitrogens with zero attached hydrogens (tertiary/aromatic N) is 2. The standard InChI is InChI=1S/C19H20ClFN2O4S/c1-14-12-16(4-7-18(14)20)27-13-19(24)22-8-10-23(11-9-22)28(25,26)17-5-2-15(21)3-6-17/h2-7,12H,8-11,13H2,1H3. The fourth-order valence-electron chi connectivity index (χ4n) is 2.88. The molecule has 0 radical (unpaired) electrons. The van der Waals surface area contributed by atoms with Gasteiger partial charge in [0.25, 0.3) is 5.91 Å². The molecule has 2 aromatic carbocycles. The van der Waals surface area contributed by atoms with Gasteiger partial charge < -0.3 is 9.64 Å². The number of hydrogen-bond donors (Lipinski definition) is 0. The number of amides is 1. The summed E-state index contributed by atoms with van der Waals surface area (Å²) in [5.74, 6) is -0.163. The molecule has 0 N–H and O–H groups in total. The van der Waals surface area contributed by atoms with Gasteiger partial charge in [-0.05, 0) is 55.0 Å². The van der Waals surface area contributed by atoms with Crippen molar-refractivity contribution in [2.24, 2.45) is 0 Å². The van der Waals surface area contributed by atoms with E-state index in [2.05, 4.69) is 0 Å². The van der Waals surface area contributed by atoms with Crippen LogP contribution in [0.2, 0.25) is 5.02 Å². The van der Waals surface area contributed by atoms with Gasteiger partial charge in [0.1, 0.15) is 11.6 Å². The average Bonchev–Trinajstić information content (AvgIpc) is 2.69. The van der Waals surface area contributed by atoms with Crippen LogP contribution in [0.15, 0.2) is 47.4 Å². The summed E-state index contributed by atoms with van der Waals surface area (Å²) in [5.41, 5.74) is 0.853. The zero-order valence-corrected chi connectivity index (χ0v) is 16.8. The molecule has 0 aliphatic carbocycles. The summed E-state index contributed by atoms with van der Waals surface area (Å²) in [6.07, 6.45) is 0. The third-order valence-electron chi connectivity index (χ3n) is 4.53. The third-order valence-corrected chi connectivity index (χ3v) is 6.87. The lowest BCUT2D eigenvalue weighted by atomic mass is 10.2. The summed E-state index contributed by atoms with van der Waals surface area (Å²) in [6.45, 7) is 2.59. The van der Waals surface area contributed by atoms with Crippen LogP contribution in [0.1, 0.15) is 5.56 Å². The summed E-state index contributed by atoms with van der Waals surface area (Å²) >= 11 is 5.96. The van der Waals surface area contributed by atoms with Gasteiger partial charge in [0.05, 0.1) is 4.90 Å². The van der Waals surface area contributed by atoms with Crippen LogP contribution in [0.4, 0.5) is 4.39 Å². The van der Waals surface area contributed by atoms with E-state index in [9.17, 15) is 17.6 Å². The Balaban J connectivity index is 1.55. The summed E-state index contributed by atoms with van der Waals surface area (Å²) < 4.78 is 45.1. The number of halogens is 2. The molecule has 1 fully saturated rings. The van der Waals surface area contributed by atoms with Gasteiger partial charge in [-0.1, -0.05) is 11.6 Å². The van der Waals surface area contributed by atoms with Gasteiger partial charge in [0.2, 0.25) is 10.0 Å². The molecule has 0 saturated carbocycles. The molecule has 0 spiro atoms. The lowest BCUT2D eigenvalue weighted by Crippen LogP contribution is -2.51. The van der Waals surface area contributed by atoms with Crippen molar-refractivity contribution in [2.45, 2.75) is 11.8 Å². The smallest absolute Gasteiger partial charge is 0.260 e. The van der Waals surface area contributed by atoms with Crippen LogP contribution >= 0.6 is 11.6 Å². The van der Waals surface area contributed by atoms with Gasteiger partial charge in [-0.2, -0.15) is 4.31 Å². The fourth-order valence-corrected chi connectivity index (χ4v) is 4.42. The second-order valence-corrected chi connectivity index (χ2v) is 8.78. The van der Waals surface area contributed by atoms with Crippen LogP contribution in [0.25, 0.3) is 0 Å². The Bertz CT molecular complexity index is 958. The molecule has 9 heteroatoms. The molecule has 0 bridgehead atoms. The minimum Gasteiger partial charge on any atom is -0.484 e. The maximum absolute atomic E-state index is 13.0. The van der Waals surface area contributed by atoms with E-state index in [1.807, 2.05) is 6.92 Å². The number of hydrogen-bond acceptors (Lipinski definition) is 4. The summed E-state index contributed by atoms with van der Waals surface area (Å²) in [7, 11) is -3.71. The predicted octanol–water partition coefficient (Wildman–Crippen LogP) is 2.70. The Hall–Kier alpha value is -2.16. The summed E-state index contributed by atoms with van der Waals surface area (Å²) in [6, 6.07) is 9.85. The molecule has 1 heterocycles. The van der Waals surface area contributed by atoms with Crippen molar-refractivity contribution >= 4 is 27.5 Å². The molecule has 6 nitrogen and oxygen atoms in total. The van der Waals surface area contributed by atoms with Crippen LogP contribution in [0.3, 0.4) is 0 Å². The molecule has 0 unspecified atom stereocenters. The SMILES string of the molecule is Cc1cc(OCC(=O)N2CCN(S(=O)(=O)c3ccc(F)cc3)CC2)ccc1Cl. The van der Waals surface area contributed by atoms with Crippen LogP contribution < -0.4 is 4.74 Å². The zero-order chi connectivity index (χ0) is 20.3. The highest BCUT2D eigenvalue weighted by atomic mass is 35.5. The van der Waals surface area contributed by atoms with Crippen LogP contribution in [-0.2, 0) is 14.8 Å². The Morgan fingerprint density at radius 3 is 2.36 bits per heavy atom. The van der Waals surface area contributed by atoms with Gasteiger partial charge in [-0.25, -0.2) is 12.8 Å². The highest BCUT2D eigenvalue weighted by molar-refractivity contribution is 7.89. The number of rotatable bonds is 5. The monoisotopic (exact) mass is 426 g/mol. The van der Waals surface area contributed by atoms with Crippen molar-refractivity contribution in [2.75, 3.05) is 32.8 Å². The molecule has 1 aliphatic heterocycles. The van der Waals surface area contributed by atoms with Crippen LogP contribution in [-0.4, -0.2) is 56.3 Å². The number of piperazine rings is 1. The van der Waals surface area contributed by atoms with Gasteiger partial charge in [-0.3, -0.25) is 4.79 Å². The first kappa shape index (κ1) is 20.6. The van der Waals surface area contributed by atoms with E-state index in [4.69, 9.17) is 16.3 Å². The quantitative estimate of drug-likeness (QED) is 0.737. The minimum atomic E-state index is -3.71. The molecule has 2 aromatic rings. The molecule has 1 aliphatic rings. The lowest BCUT2D eigenvalue weighted by molar-refractivity contribution is -0.134. The zero-order valence-electron chi connectivity index (χ0n) is 15.3. The second-order valence-electron chi connectivity index (χ2n) is 6.44. The Kier molecular flexibility index (Phi) is 6.22. The van der Waals surface area contributed by atoms with Crippen molar-refractivity contribution in [3.05, 3.63) is 58.9 Å².